The van der Waals surface area contributed by atoms with Gasteiger partial charge in [0, 0.05) is 24.1 Å². The quantitative estimate of drug-likeness (QED) is 0.894. The molecule has 0 amide bonds. The molecule has 0 saturated carbocycles. The second-order valence-electron chi connectivity index (χ2n) is 4.52. The van der Waals surface area contributed by atoms with Crippen molar-refractivity contribution < 1.29 is 14.2 Å². The molecule has 1 aromatic carbocycles. The van der Waals surface area contributed by atoms with Gasteiger partial charge in [0.2, 0.25) is 0 Å². The third-order valence-corrected chi connectivity index (χ3v) is 3.73. The van der Waals surface area contributed by atoms with E-state index < -0.39 is 0 Å². The molecule has 1 saturated heterocycles. The van der Waals surface area contributed by atoms with E-state index in [9.17, 15) is 0 Å². The molecule has 0 aromatic heterocycles. The lowest BCUT2D eigenvalue weighted by molar-refractivity contribution is 0.168. The van der Waals surface area contributed by atoms with Gasteiger partial charge in [0.25, 0.3) is 0 Å². The average molecular weight is 270 g/mol. The Morgan fingerprint density at radius 3 is 2.94 bits per heavy atom. The summed E-state index contributed by atoms with van der Waals surface area (Å²) in [5.41, 5.74) is 1.05. The van der Waals surface area contributed by atoms with Gasteiger partial charge in [-0.25, -0.2) is 0 Å². The van der Waals surface area contributed by atoms with Crippen LogP contribution in [0.5, 0.6) is 17.2 Å². The van der Waals surface area contributed by atoms with Gasteiger partial charge in [-0.1, -0.05) is 11.6 Å². The molecule has 3 rings (SSSR count). The molecule has 0 aliphatic carbocycles. The fourth-order valence-corrected chi connectivity index (χ4v) is 2.92. The van der Waals surface area contributed by atoms with Crippen molar-refractivity contribution in [1.82, 2.24) is 5.32 Å². The molecule has 1 N–H and O–H groups in total. The smallest absolute Gasteiger partial charge is 0.168 e. The highest BCUT2D eigenvalue weighted by atomic mass is 35.5. The van der Waals surface area contributed by atoms with Crippen LogP contribution in [0.2, 0.25) is 5.02 Å². The molecule has 0 spiro atoms. The number of rotatable bonds is 2. The first-order valence-corrected chi connectivity index (χ1v) is 6.55. The highest BCUT2D eigenvalue weighted by molar-refractivity contribution is 6.32. The lowest BCUT2D eigenvalue weighted by Gasteiger charge is -2.25. The Hall–Kier alpha value is -1.13. The van der Waals surface area contributed by atoms with E-state index in [1.807, 2.05) is 0 Å². The molecule has 0 radical (unpaired) electrons. The first-order valence-electron chi connectivity index (χ1n) is 6.18. The molecule has 1 fully saturated rings. The summed E-state index contributed by atoms with van der Waals surface area (Å²) in [5.74, 6) is 2.62. The zero-order chi connectivity index (χ0) is 12.5. The largest absolute Gasteiger partial charge is 0.495 e. The van der Waals surface area contributed by atoms with Crippen LogP contribution in [0.3, 0.4) is 0 Å². The zero-order valence-corrected chi connectivity index (χ0v) is 11.0. The van der Waals surface area contributed by atoms with Crippen LogP contribution in [-0.2, 0) is 0 Å². The summed E-state index contributed by atoms with van der Waals surface area (Å²) < 4.78 is 16.9. The number of nitrogens with one attached hydrogen (secondary N) is 1. The van der Waals surface area contributed by atoms with Gasteiger partial charge in [0.15, 0.2) is 11.5 Å². The number of benzene rings is 1. The van der Waals surface area contributed by atoms with Gasteiger partial charge in [-0.15, -0.1) is 0 Å². The maximum atomic E-state index is 6.26. The van der Waals surface area contributed by atoms with Crippen molar-refractivity contribution in [2.75, 3.05) is 33.4 Å². The number of halogens is 1. The van der Waals surface area contributed by atoms with Gasteiger partial charge in [0.1, 0.15) is 19.0 Å². The van der Waals surface area contributed by atoms with Gasteiger partial charge < -0.3 is 19.5 Å². The second-order valence-corrected chi connectivity index (χ2v) is 4.93. The first-order chi connectivity index (χ1) is 8.81. The highest BCUT2D eigenvalue weighted by Crippen LogP contribution is 2.48. The Morgan fingerprint density at radius 2 is 2.22 bits per heavy atom. The molecular formula is C13H16ClNO3. The summed E-state index contributed by atoms with van der Waals surface area (Å²) in [6, 6.07) is 1.78. The Bertz CT molecular complexity index is 458. The standard InChI is InChI=1S/C13H16ClNO3/c1-16-12-9(14)6-10-13(18-5-4-17-10)11(12)8-2-3-15-7-8/h6,8,15H,2-5,7H2,1H3. The van der Waals surface area contributed by atoms with Crippen molar-refractivity contribution in [1.29, 1.82) is 0 Å². The molecule has 5 heteroatoms. The Kier molecular flexibility index (Phi) is 3.22. The van der Waals surface area contributed by atoms with Crippen molar-refractivity contribution in [2.45, 2.75) is 12.3 Å². The molecule has 2 aliphatic heterocycles. The molecule has 18 heavy (non-hydrogen) atoms. The minimum absolute atomic E-state index is 0.370. The highest BCUT2D eigenvalue weighted by Gasteiger charge is 2.30. The molecule has 98 valence electrons. The van der Waals surface area contributed by atoms with E-state index in [-0.39, 0.29) is 0 Å². The predicted molar refractivity (Wildman–Crippen MR) is 69.2 cm³/mol. The summed E-state index contributed by atoms with van der Waals surface area (Å²) in [7, 11) is 1.64. The molecule has 1 aromatic rings. The number of fused-ring (bicyclic) bond motifs is 1. The van der Waals surface area contributed by atoms with E-state index >= 15 is 0 Å². The second kappa shape index (κ2) is 4.86. The van der Waals surface area contributed by atoms with Crippen LogP contribution in [0.4, 0.5) is 0 Å². The lowest BCUT2D eigenvalue weighted by Crippen LogP contribution is -2.19. The molecular weight excluding hydrogens is 254 g/mol. The fraction of sp³-hybridized carbons (Fsp3) is 0.538. The Balaban J connectivity index is 2.14. The normalized spacial score (nSPS) is 22.0. The first kappa shape index (κ1) is 11.9. The van der Waals surface area contributed by atoms with Gasteiger partial charge in [0.05, 0.1) is 12.1 Å². The molecule has 2 aliphatic rings. The van der Waals surface area contributed by atoms with Crippen LogP contribution in [0.25, 0.3) is 0 Å². The maximum absolute atomic E-state index is 6.26. The predicted octanol–water partition coefficient (Wildman–Crippen LogP) is 2.20. The molecule has 2 heterocycles. The number of ether oxygens (including phenoxy) is 3. The van der Waals surface area contributed by atoms with E-state index in [2.05, 4.69) is 5.32 Å². The fourth-order valence-electron chi connectivity index (χ4n) is 2.64. The molecule has 1 atom stereocenters. The van der Waals surface area contributed by atoms with Crippen molar-refractivity contribution in [3.63, 3.8) is 0 Å². The van der Waals surface area contributed by atoms with Crippen LogP contribution in [0.15, 0.2) is 6.07 Å². The van der Waals surface area contributed by atoms with Gasteiger partial charge in [-0.05, 0) is 13.0 Å². The van der Waals surface area contributed by atoms with Crippen molar-refractivity contribution in [2.24, 2.45) is 0 Å². The van der Waals surface area contributed by atoms with Gasteiger partial charge in [-0.2, -0.15) is 0 Å². The van der Waals surface area contributed by atoms with E-state index in [0.717, 1.165) is 42.3 Å². The lowest BCUT2D eigenvalue weighted by atomic mass is 9.95. The Morgan fingerprint density at radius 1 is 1.39 bits per heavy atom. The summed E-state index contributed by atoms with van der Waals surface area (Å²) in [5, 5.41) is 3.94. The summed E-state index contributed by atoms with van der Waals surface area (Å²) in [6.07, 6.45) is 1.06. The van der Waals surface area contributed by atoms with E-state index in [1.165, 1.54) is 0 Å². The third kappa shape index (κ3) is 1.89. The van der Waals surface area contributed by atoms with Gasteiger partial charge in [-0.3, -0.25) is 0 Å². The number of hydrogen-bond donors (Lipinski definition) is 1. The van der Waals surface area contributed by atoms with E-state index in [4.69, 9.17) is 25.8 Å². The van der Waals surface area contributed by atoms with E-state index in [1.54, 1.807) is 13.2 Å². The van der Waals surface area contributed by atoms with Gasteiger partial charge >= 0.3 is 0 Å². The minimum atomic E-state index is 0.370. The number of methoxy groups -OCH3 is 1. The summed E-state index contributed by atoms with van der Waals surface area (Å²) >= 11 is 6.26. The topological polar surface area (TPSA) is 39.7 Å². The molecule has 0 bridgehead atoms. The van der Waals surface area contributed by atoms with Crippen LogP contribution in [0, 0.1) is 0 Å². The van der Waals surface area contributed by atoms with Crippen LogP contribution >= 0.6 is 11.6 Å². The minimum Gasteiger partial charge on any atom is -0.495 e. The van der Waals surface area contributed by atoms with Crippen molar-refractivity contribution in [3.8, 4) is 17.2 Å². The van der Waals surface area contributed by atoms with Crippen molar-refractivity contribution >= 4 is 11.6 Å². The van der Waals surface area contributed by atoms with Crippen molar-refractivity contribution in [3.05, 3.63) is 16.7 Å². The SMILES string of the molecule is COc1c(Cl)cc2c(c1C1CCNC1)OCCO2. The molecule has 1 unspecified atom stereocenters. The zero-order valence-electron chi connectivity index (χ0n) is 10.3. The summed E-state index contributed by atoms with van der Waals surface area (Å²) in [6.45, 7) is 3.07. The average Bonchev–Trinajstić information content (AvgIpc) is 2.90. The molecule has 4 nitrogen and oxygen atoms in total. The monoisotopic (exact) mass is 269 g/mol. The number of hydrogen-bond acceptors (Lipinski definition) is 4. The summed E-state index contributed by atoms with van der Waals surface area (Å²) in [4.78, 5) is 0. The third-order valence-electron chi connectivity index (χ3n) is 3.45. The maximum Gasteiger partial charge on any atom is 0.168 e. The van der Waals surface area contributed by atoms with Crippen LogP contribution < -0.4 is 19.5 Å². The Labute approximate surface area is 111 Å². The van der Waals surface area contributed by atoms with Crippen LogP contribution in [0.1, 0.15) is 17.9 Å². The van der Waals surface area contributed by atoms with Crippen LogP contribution in [-0.4, -0.2) is 33.4 Å². The van der Waals surface area contributed by atoms with E-state index in [0.29, 0.717) is 24.2 Å².